The van der Waals surface area contributed by atoms with Crippen LogP contribution in [-0.4, -0.2) is 16.9 Å². The fraction of sp³-hybridized carbons (Fsp3) is 0.400. The maximum Gasteiger partial charge on any atom is 0.118 e. The summed E-state index contributed by atoms with van der Waals surface area (Å²) < 4.78 is 7.14. The van der Waals surface area contributed by atoms with Crippen LogP contribution in [0.3, 0.4) is 0 Å². The molecule has 0 atom stereocenters. The van der Waals surface area contributed by atoms with Gasteiger partial charge in [0, 0.05) is 6.54 Å². The fourth-order valence-electron chi connectivity index (χ4n) is 2.15. The van der Waals surface area contributed by atoms with Crippen LogP contribution in [0.15, 0.2) is 24.3 Å². The first kappa shape index (κ1) is 13.5. The lowest BCUT2D eigenvalue weighted by Crippen LogP contribution is -2.04. The van der Waals surface area contributed by atoms with Gasteiger partial charge in [0.1, 0.15) is 5.75 Å². The molecule has 19 heavy (non-hydrogen) atoms. The number of ether oxygens (including phenoxy) is 1. The van der Waals surface area contributed by atoms with Crippen LogP contribution in [0.25, 0.3) is 0 Å². The third kappa shape index (κ3) is 3.08. The summed E-state index contributed by atoms with van der Waals surface area (Å²) >= 11 is 0. The van der Waals surface area contributed by atoms with Crippen molar-refractivity contribution in [2.75, 3.05) is 12.8 Å². The largest absolute Gasteiger partial charge is 0.497 e. The SMILES string of the molecule is COc1ccc(CCCn2nc(C)c(N)c2C)cc1. The van der Waals surface area contributed by atoms with Crippen molar-refractivity contribution in [3.05, 3.63) is 41.2 Å². The van der Waals surface area contributed by atoms with Gasteiger partial charge in [-0.2, -0.15) is 5.10 Å². The molecule has 2 N–H and O–H groups in total. The predicted octanol–water partition coefficient (Wildman–Crippen LogP) is 2.72. The van der Waals surface area contributed by atoms with Crippen LogP contribution >= 0.6 is 0 Å². The molecule has 2 aromatic rings. The molecule has 2 rings (SSSR count). The van der Waals surface area contributed by atoms with Crippen LogP contribution in [0, 0.1) is 13.8 Å². The Morgan fingerprint density at radius 1 is 1.21 bits per heavy atom. The second kappa shape index (κ2) is 5.78. The fourth-order valence-corrected chi connectivity index (χ4v) is 2.15. The zero-order valence-corrected chi connectivity index (χ0v) is 11.8. The summed E-state index contributed by atoms with van der Waals surface area (Å²) in [5, 5.41) is 4.44. The van der Waals surface area contributed by atoms with Crippen LogP contribution in [0.5, 0.6) is 5.75 Å². The maximum atomic E-state index is 5.92. The van der Waals surface area contributed by atoms with Gasteiger partial charge in [-0.25, -0.2) is 0 Å². The van der Waals surface area contributed by atoms with Gasteiger partial charge < -0.3 is 10.5 Å². The molecule has 1 aromatic heterocycles. The average Bonchev–Trinajstić information content (AvgIpc) is 2.67. The summed E-state index contributed by atoms with van der Waals surface area (Å²) in [6, 6.07) is 8.20. The van der Waals surface area contributed by atoms with Gasteiger partial charge in [-0.15, -0.1) is 0 Å². The van der Waals surface area contributed by atoms with Crippen LogP contribution < -0.4 is 10.5 Å². The summed E-state index contributed by atoms with van der Waals surface area (Å²) in [6.45, 7) is 4.86. The molecule has 1 heterocycles. The Hall–Kier alpha value is -1.97. The van der Waals surface area contributed by atoms with E-state index in [0.717, 1.165) is 42.2 Å². The molecule has 0 unspecified atom stereocenters. The van der Waals surface area contributed by atoms with E-state index in [1.807, 2.05) is 30.7 Å². The molecule has 1 aromatic carbocycles. The van der Waals surface area contributed by atoms with Crippen molar-refractivity contribution in [1.82, 2.24) is 9.78 Å². The number of aromatic nitrogens is 2. The minimum Gasteiger partial charge on any atom is -0.497 e. The zero-order chi connectivity index (χ0) is 13.8. The van der Waals surface area contributed by atoms with Crippen LogP contribution in [0.2, 0.25) is 0 Å². The minimum atomic E-state index is 0.810. The van der Waals surface area contributed by atoms with E-state index in [9.17, 15) is 0 Å². The number of anilines is 1. The predicted molar refractivity (Wildman–Crippen MR) is 77.4 cm³/mol. The first-order valence-corrected chi connectivity index (χ1v) is 6.54. The highest BCUT2D eigenvalue weighted by Crippen LogP contribution is 2.16. The number of hydrogen-bond donors (Lipinski definition) is 1. The van der Waals surface area contributed by atoms with Crippen molar-refractivity contribution in [3.63, 3.8) is 0 Å². The molecule has 0 saturated heterocycles. The molecule has 0 aliphatic carbocycles. The monoisotopic (exact) mass is 259 g/mol. The highest BCUT2D eigenvalue weighted by molar-refractivity contribution is 5.46. The third-order valence-electron chi connectivity index (χ3n) is 3.43. The molecule has 0 fully saturated rings. The smallest absolute Gasteiger partial charge is 0.118 e. The van der Waals surface area contributed by atoms with Crippen molar-refractivity contribution in [1.29, 1.82) is 0 Å². The van der Waals surface area contributed by atoms with Crippen molar-refractivity contribution < 1.29 is 4.74 Å². The Morgan fingerprint density at radius 2 is 1.89 bits per heavy atom. The summed E-state index contributed by atoms with van der Waals surface area (Å²) in [7, 11) is 1.68. The third-order valence-corrected chi connectivity index (χ3v) is 3.43. The number of hydrogen-bond acceptors (Lipinski definition) is 3. The Balaban J connectivity index is 1.90. The number of benzene rings is 1. The van der Waals surface area contributed by atoms with Crippen molar-refractivity contribution in [3.8, 4) is 5.75 Å². The second-order valence-corrected chi connectivity index (χ2v) is 4.76. The number of aryl methyl sites for hydroxylation is 3. The van der Waals surface area contributed by atoms with Gasteiger partial charge in [-0.05, 0) is 44.4 Å². The summed E-state index contributed by atoms with van der Waals surface area (Å²) in [6.07, 6.45) is 2.08. The molecule has 4 heteroatoms. The molecule has 4 nitrogen and oxygen atoms in total. The molecule has 0 spiro atoms. The number of nitrogens with two attached hydrogens (primary N) is 1. The van der Waals surface area contributed by atoms with Gasteiger partial charge in [0.05, 0.1) is 24.2 Å². The van der Waals surface area contributed by atoms with E-state index in [1.165, 1.54) is 5.56 Å². The molecule has 0 saturated carbocycles. The first-order chi connectivity index (χ1) is 9.11. The standard InChI is InChI=1S/C15H21N3O/c1-11-15(16)12(2)18(17-11)10-4-5-13-6-8-14(19-3)9-7-13/h6-9H,4-5,10,16H2,1-3H3. The highest BCUT2D eigenvalue weighted by atomic mass is 16.5. The van der Waals surface area contributed by atoms with Gasteiger partial charge in [0.2, 0.25) is 0 Å². The van der Waals surface area contributed by atoms with Gasteiger partial charge in [-0.3, -0.25) is 4.68 Å². The molecule has 102 valence electrons. The molecule has 0 amide bonds. The second-order valence-electron chi connectivity index (χ2n) is 4.76. The Morgan fingerprint density at radius 3 is 2.42 bits per heavy atom. The van der Waals surface area contributed by atoms with Gasteiger partial charge in [0.25, 0.3) is 0 Å². The van der Waals surface area contributed by atoms with E-state index in [-0.39, 0.29) is 0 Å². The Bertz CT molecular complexity index is 543. The van der Waals surface area contributed by atoms with Gasteiger partial charge in [-0.1, -0.05) is 12.1 Å². The molecular formula is C15H21N3O. The normalized spacial score (nSPS) is 10.7. The summed E-state index contributed by atoms with van der Waals surface area (Å²) in [4.78, 5) is 0. The lowest BCUT2D eigenvalue weighted by Gasteiger charge is -2.06. The zero-order valence-electron chi connectivity index (χ0n) is 11.8. The maximum absolute atomic E-state index is 5.92. The van der Waals surface area contributed by atoms with Crippen molar-refractivity contribution in [2.24, 2.45) is 0 Å². The molecule has 0 bridgehead atoms. The van der Waals surface area contributed by atoms with E-state index >= 15 is 0 Å². The first-order valence-electron chi connectivity index (χ1n) is 6.54. The molecule has 0 aliphatic heterocycles. The van der Waals surface area contributed by atoms with Gasteiger partial charge >= 0.3 is 0 Å². The highest BCUT2D eigenvalue weighted by Gasteiger charge is 2.07. The molecule has 0 radical (unpaired) electrons. The lowest BCUT2D eigenvalue weighted by atomic mass is 10.1. The number of nitrogen functional groups attached to an aromatic ring is 1. The summed E-state index contributed by atoms with van der Waals surface area (Å²) in [5.41, 5.74) is 10.0. The Labute approximate surface area is 114 Å². The van der Waals surface area contributed by atoms with Crippen LogP contribution in [0.1, 0.15) is 23.4 Å². The average molecular weight is 259 g/mol. The van der Waals surface area contributed by atoms with E-state index in [1.54, 1.807) is 7.11 Å². The van der Waals surface area contributed by atoms with E-state index in [0.29, 0.717) is 0 Å². The van der Waals surface area contributed by atoms with E-state index < -0.39 is 0 Å². The quantitative estimate of drug-likeness (QED) is 0.898. The Kier molecular flexibility index (Phi) is 4.10. The van der Waals surface area contributed by atoms with E-state index in [4.69, 9.17) is 10.5 Å². The van der Waals surface area contributed by atoms with E-state index in [2.05, 4.69) is 17.2 Å². The van der Waals surface area contributed by atoms with Gasteiger partial charge in [0.15, 0.2) is 0 Å². The molecular weight excluding hydrogens is 238 g/mol. The number of methoxy groups -OCH3 is 1. The topological polar surface area (TPSA) is 53.1 Å². The summed E-state index contributed by atoms with van der Waals surface area (Å²) in [5.74, 6) is 0.898. The van der Waals surface area contributed by atoms with Crippen LogP contribution in [-0.2, 0) is 13.0 Å². The van der Waals surface area contributed by atoms with Crippen molar-refractivity contribution >= 4 is 5.69 Å². The van der Waals surface area contributed by atoms with Crippen LogP contribution in [0.4, 0.5) is 5.69 Å². The van der Waals surface area contributed by atoms with Crippen molar-refractivity contribution in [2.45, 2.75) is 33.2 Å². The number of rotatable bonds is 5. The number of nitrogens with zero attached hydrogens (tertiary/aromatic N) is 2. The lowest BCUT2D eigenvalue weighted by molar-refractivity contribution is 0.414. The minimum absolute atomic E-state index is 0.810. The molecule has 0 aliphatic rings.